The molecule has 0 N–H and O–H groups in total. The Hall–Kier alpha value is -4.31. The van der Waals surface area contributed by atoms with Gasteiger partial charge in [-0.05, 0) is 44.5 Å². The van der Waals surface area contributed by atoms with Crippen molar-refractivity contribution in [1.82, 2.24) is 0 Å². The monoisotopic (exact) mass is 529 g/mol. The van der Waals surface area contributed by atoms with Gasteiger partial charge >= 0.3 is 5.97 Å². The SMILES string of the molecule is CCCCCC(C#N)(Oc1ccccc1OCc1ccccc1C(C)=O)c1ccc(OCC(=O)OCC)cc1. The van der Waals surface area contributed by atoms with Crippen molar-refractivity contribution >= 4 is 11.8 Å². The summed E-state index contributed by atoms with van der Waals surface area (Å²) in [4.78, 5) is 23.7. The Morgan fingerprint density at radius 1 is 0.872 bits per heavy atom. The summed E-state index contributed by atoms with van der Waals surface area (Å²) >= 11 is 0. The molecule has 3 aromatic rings. The lowest BCUT2D eigenvalue weighted by molar-refractivity contribution is -0.145. The summed E-state index contributed by atoms with van der Waals surface area (Å²) in [5.41, 5.74) is 0.770. The highest BCUT2D eigenvalue weighted by atomic mass is 16.6. The van der Waals surface area contributed by atoms with Gasteiger partial charge in [0.05, 0.1) is 6.61 Å². The van der Waals surface area contributed by atoms with Gasteiger partial charge in [0.2, 0.25) is 5.60 Å². The number of nitrogens with zero attached hydrogens (tertiary/aromatic N) is 1. The molecule has 0 aliphatic heterocycles. The molecule has 0 saturated carbocycles. The average molecular weight is 530 g/mol. The van der Waals surface area contributed by atoms with Crippen LogP contribution in [0.4, 0.5) is 0 Å². The summed E-state index contributed by atoms with van der Waals surface area (Å²) in [6.07, 6.45) is 3.22. The Morgan fingerprint density at radius 2 is 1.56 bits per heavy atom. The minimum absolute atomic E-state index is 0.0344. The van der Waals surface area contributed by atoms with Gasteiger partial charge in [0, 0.05) is 23.1 Å². The van der Waals surface area contributed by atoms with E-state index >= 15 is 0 Å². The number of carbonyl (C=O) groups is 2. The van der Waals surface area contributed by atoms with Gasteiger partial charge in [-0.3, -0.25) is 4.79 Å². The van der Waals surface area contributed by atoms with Crippen molar-refractivity contribution in [1.29, 1.82) is 5.26 Å². The van der Waals surface area contributed by atoms with Gasteiger partial charge in [0.15, 0.2) is 23.9 Å². The number of unbranched alkanes of at least 4 members (excludes halogenated alkanes) is 2. The van der Waals surface area contributed by atoms with E-state index in [9.17, 15) is 14.9 Å². The molecule has 0 heterocycles. The van der Waals surface area contributed by atoms with Crippen LogP contribution in [-0.2, 0) is 21.7 Å². The van der Waals surface area contributed by atoms with Crippen LogP contribution in [0.2, 0.25) is 0 Å². The third-order valence-corrected chi connectivity index (χ3v) is 6.21. The second-order valence-electron chi connectivity index (χ2n) is 9.06. The van der Waals surface area contributed by atoms with Crippen LogP contribution >= 0.6 is 0 Å². The van der Waals surface area contributed by atoms with Crippen LogP contribution in [0.3, 0.4) is 0 Å². The number of ketones is 1. The molecule has 3 aromatic carbocycles. The largest absolute Gasteiger partial charge is 0.485 e. The molecule has 0 amide bonds. The maximum atomic E-state index is 12.0. The standard InChI is InChI=1S/C32H35NO6/c1-4-6-11-20-32(23-33,26-16-18-27(19-17-26)37-22-31(35)36-5-2)39-30-15-10-9-14-29(30)38-21-25-12-7-8-13-28(25)24(3)34/h7-10,12-19H,4-6,11,20-22H2,1-3H3. The molecule has 1 atom stereocenters. The summed E-state index contributed by atoms with van der Waals surface area (Å²) in [5, 5.41) is 10.4. The van der Waals surface area contributed by atoms with Gasteiger partial charge in [-0.1, -0.05) is 68.3 Å². The number of rotatable bonds is 15. The highest BCUT2D eigenvalue weighted by Crippen LogP contribution is 2.38. The van der Waals surface area contributed by atoms with Crippen molar-refractivity contribution < 1.29 is 28.5 Å². The van der Waals surface area contributed by atoms with Crippen LogP contribution in [0.25, 0.3) is 0 Å². The lowest BCUT2D eigenvalue weighted by Gasteiger charge is -2.29. The van der Waals surface area contributed by atoms with Crippen LogP contribution in [-0.4, -0.2) is 25.0 Å². The fourth-order valence-corrected chi connectivity index (χ4v) is 4.17. The van der Waals surface area contributed by atoms with Crippen molar-refractivity contribution in [3.63, 3.8) is 0 Å². The smallest absolute Gasteiger partial charge is 0.344 e. The Labute approximate surface area is 230 Å². The first-order chi connectivity index (χ1) is 18.9. The molecule has 0 bridgehead atoms. The van der Waals surface area contributed by atoms with E-state index in [0.29, 0.717) is 34.8 Å². The van der Waals surface area contributed by atoms with Crippen LogP contribution in [0.1, 0.15) is 67.9 Å². The zero-order valence-corrected chi connectivity index (χ0v) is 22.8. The predicted octanol–water partition coefficient (Wildman–Crippen LogP) is 6.79. The Balaban J connectivity index is 1.86. The maximum absolute atomic E-state index is 12.0. The molecule has 1 unspecified atom stereocenters. The summed E-state index contributed by atoms with van der Waals surface area (Å²) < 4.78 is 23.0. The Morgan fingerprint density at radius 3 is 2.23 bits per heavy atom. The Kier molecular flexibility index (Phi) is 10.9. The van der Waals surface area contributed by atoms with E-state index in [0.717, 1.165) is 24.8 Å². The molecule has 0 spiro atoms. The maximum Gasteiger partial charge on any atom is 0.344 e. The topological polar surface area (TPSA) is 94.9 Å². The van der Waals surface area contributed by atoms with E-state index in [2.05, 4.69) is 13.0 Å². The molecule has 0 saturated heterocycles. The van der Waals surface area contributed by atoms with Gasteiger partial charge in [-0.25, -0.2) is 4.79 Å². The van der Waals surface area contributed by atoms with E-state index in [1.54, 1.807) is 49.4 Å². The van der Waals surface area contributed by atoms with Crippen molar-refractivity contribution in [3.8, 4) is 23.3 Å². The summed E-state index contributed by atoms with van der Waals surface area (Å²) in [6.45, 7) is 5.64. The number of esters is 1. The first-order valence-corrected chi connectivity index (χ1v) is 13.2. The molecule has 39 heavy (non-hydrogen) atoms. The summed E-state index contributed by atoms with van der Waals surface area (Å²) in [5.74, 6) is 0.908. The molecule has 0 radical (unpaired) electrons. The van der Waals surface area contributed by atoms with Crippen LogP contribution < -0.4 is 14.2 Å². The first-order valence-electron chi connectivity index (χ1n) is 13.2. The summed E-state index contributed by atoms with van der Waals surface area (Å²) in [7, 11) is 0. The van der Waals surface area contributed by atoms with Crippen LogP contribution in [0, 0.1) is 11.3 Å². The van der Waals surface area contributed by atoms with E-state index in [1.807, 2.05) is 30.3 Å². The third-order valence-electron chi connectivity index (χ3n) is 6.21. The molecule has 204 valence electrons. The zero-order chi connectivity index (χ0) is 28.1. The molecule has 0 aliphatic rings. The number of nitriles is 1. The molecule has 0 aromatic heterocycles. The number of hydrogen-bond acceptors (Lipinski definition) is 7. The number of hydrogen-bond donors (Lipinski definition) is 0. The molecular formula is C32H35NO6. The van der Waals surface area contributed by atoms with Gasteiger partial charge < -0.3 is 18.9 Å². The highest BCUT2D eigenvalue weighted by molar-refractivity contribution is 5.95. The third kappa shape index (κ3) is 8.08. The average Bonchev–Trinajstić information content (AvgIpc) is 2.95. The van der Waals surface area contributed by atoms with Crippen molar-refractivity contribution in [2.75, 3.05) is 13.2 Å². The van der Waals surface area contributed by atoms with Crippen molar-refractivity contribution in [2.24, 2.45) is 0 Å². The first kappa shape index (κ1) is 29.2. The molecule has 7 heteroatoms. The quantitative estimate of drug-likeness (QED) is 0.122. The molecule has 3 rings (SSSR count). The van der Waals surface area contributed by atoms with Gasteiger partial charge in [-0.2, -0.15) is 5.26 Å². The lowest BCUT2D eigenvalue weighted by Crippen LogP contribution is -2.31. The predicted molar refractivity (Wildman–Crippen MR) is 148 cm³/mol. The minimum atomic E-state index is -1.27. The summed E-state index contributed by atoms with van der Waals surface area (Å²) in [6, 6.07) is 23.9. The van der Waals surface area contributed by atoms with Gasteiger partial charge in [0.1, 0.15) is 18.4 Å². The second-order valence-corrected chi connectivity index (χ2v) is 9.06. The highest BCUT2D eigenvalue weighted by Gasteiger charge is 2.35. The van der Waals surface area contributed by atoms with Crippen LogP contribution in [0.15, 0.2) is 72.8 Å². The number of carbonyl (C=O) groups excluding carboxylic acids is 2. The molecular weight excluding hydrogens is 494 g/mol. The van der Waals surface area contributed by atoms with Gasteiger partial charge in [-0.15, -0.1) is 0 Å². The number of benzene rings is 3. The van der Waals surface area contributed by atoms with E-state index in [4.69, 9.17) is 18.9 Å². The number of para-hydroxylation sites is 2. The molecule has 0 fully saturated rings. The van der Waals surface area contributed by atoms with Gasteiger partial charge in [0.25, 0.3) is 0 Å². The second kappa shape index (κ2) is 14.6. The van der Waals surface area contributed by atoms with E-state index < -0.39 is 11.6 Å². The van der Waals surface area contributed by atoms with E-state index in [-0.39, 0.29) is 25.6 Å². The number of Topliss-reactive ketones (excluding diaryl/α,β-unsaturated/α-hetero) is 1. The Bertz CT molecular complexity index is 1280. The zero-order valence-electron chi connectivity index (χ0n) is 22.8. The van der Waals surface area contributed by atoms with Crippen molar-refractivity contribution in [3.05, 3.63) is 89.5 Å². The van der Waals surface area contributed by atoms with Crippen LogP contribution in [0.5, 0.6) is 17.2 Å². The fourth-order valence-electron chi connectivity index (χ4n) is 4.17. The minimum Gasteiger partial charge on any atom is -0.485 e. The fraction of sp³-hybridized carbons (Fsp3) is 0.344. The molecule has 0 aliphatic carbocycles. The van der Waals surface area contributed by atoms with E-state index in [1.165, 1.54) is 6.92 Å². The molecule has 7 nitrogen and oxygen atoms in total. The normalized spacial score (nSPS) is 12.1. The number of ether oxygens (including phenoxy) is 4. The lowest BCUT2D eigenvalue weighted by atomic mass is 9.89. The van der Waals surface area contributed by atoms with Crippen molar-refractivity contribution in [2.45, 2.75) is 58.7 Å².